The van der Waals surface area contributed by atoms with Gasteiger partial charge in [0.15, 0.2) is 0 Å². The summed E-state index contributed by atoms with van der Waals surface area (Å²) in [6.45, 7) is 6.71. The highest BCUT2D eigenvalue weighted by Crippen LogP contribution is 2.34. The van der Waals surface area contributed by atoms with E-state index in [1.54, 1.807) is 20.8 Å². The van der Waals surface area contributed by atoms with Gasteiger partial charge in [0.25, 0.3) is 0 Å². The van der Waals surface area contributed by atoms with E-state index in [1.807, 2.05) is 60.7 Å². The number of aliphatic hydroxyl groups is 2. The van der Waals surface area contributed by atoms with Crippen molar-refractivity contribution in [2.24, 2.45) is 9.98 Å². The minimum atomic E-state index is -1.40. The molecular formula is C29H36N2O8. The van der Waals surface area contributed by atoms with Gasteiger partial charge in [0, 0.05) is 11.1 Å². The third-order valence-corrected chi connectivity index (χ3v) is 6.99. The van der Waals surface area contributed by atoms with Crippen LogP contribution in [-0.4, -0.2) is 83.7 Å². The molecular weight excluding hydrogens is 504 g/mol. The zero-order valence-electron chi connectivity index (χ0n) is 23.0. The zero-order valence-corrected chi connectivity index (χ0v) is 23.0. The Morgan fingerprint density at radius 3 is 1.59 bits per heavy atom. The van der Waals surface area contributed by atoms with Crippen LogP contribution in [0, 0.1) is 0 Å². The molecule has 10 nitrogen and oxygen atoms in total. The van der Waals surface area contributed by atoms with Gasteiger partial charge in [-0.15, -0.1) is 0 Å². The number of esters is 2. The number of hydrogen-bond acceptors (Lipinski definition) is 10. The van der Waals surface area contributed by atoms with Crippen LogP contribution in [0.3, 0.4) is 0 Å². The maximum atomic E-state index is 12.2. The number of carbonyl (C=O) groups excluding carboxylic acids is 2. The van der Waals surface area contributed by atoms with Gasteiger partial charge < -0.3 is 29.2 Å². The number of benzene rings is 2. The number of methoxy groups -OCH3 is 2. The molecule has 3 unspecified atom stereocenters. The lowest BCUT2D eigenvalue weighted by Gasteiger charge is -2.30. The molecule has 0 spiro atoms. The standard InChI is InChI=1S/C15H19NO4.C14H17NO4/c1-4-12(17)15(14(18)19-3)10(2)20-13(16-15)11-8-6-5-7-9-11;1-9(16)14(13(17)18-3)10(2)19-12(15-14)11-7-5-4-6-8-11/h5-10,12,17H,4H2,1-3H3;4-10,16H,1-3H3/t10?,12-,15-;9?,10?,14-/m10/s1. The first kappa shape index (κ1) is 29.8. The van der Waals surface area contributed by atoms with Gasteiger partial charge in [-0.2, -0.15) is 0 Å². The molecule has 2 aromatic carbocycles. The van der Waals surface area contributed by atoms with Crippen LogP contribution >= 0.6 is 0 Å². The molecule has 0 aromatic heterocycles. The summed E-state index contributed by atoms with van der Waals surface area (Å²) in [6, 6.07) is 18.6. The van der Waals surface area contributed by atoms with Gasteiger partial charge in [0.1, 0.15) is 12.2 Å². The lowest BCUT2D eigenvalue weighted by atomic mass is 9.86. The highest BCUT2D eigenvalue weighted by atomic mass is 16.6. The number of aliphatic imine (C=N–C) groups is 2. The molecule has 39 heavy (non-hydrogen) atoms. The molecule has 4 rings (SSSR count). The van der Waals surface area contributed by atoms with Gasteiger partial charge in [0.05, 0.1) is 26.4 Å². The van der Waals surface area contributed by atoms with E-state index in [2.05, 4.69) is 9.98 Å². The molecule has 6 atom stereocenters. The minimum Gasteiger partial charge on any atom is -0.471 e. The van der Waals surface area contributed by atoms with E-state index in [0.717, 1.165) is 11.1 Å². The fourth-order valence-electron chi connectivity index (χ4n) is 4.66. The Labute approximate surface area is 228 Å². The van der Waals surface area contributed by atoms with Crippen LogP contribution in [-0.2, 0) is 28.5 Å². The Kier molecular flexibility index (Phi) is 9.47. The molecule has 2 N–H and O–H groups in total. The SMILES string of the molecule is CC[C@@H](O)[C@]1(C(=O)OC)N=C(c2ccccc2)OC1C.COC(=O)[C@@]1(C(C)O)N=C(c2ccccc2)OC1C. The van der Waals surface area contributed by atoms with Gasteiger partial charge >= 0.3 is 11.9 Å². The maximum Gasteiger partial charge on any atom is 0.340 e. The number of carbonyl (C=O) groups is 2. The lowest BCUT2D eigenvalue weighted by molar-refractivity contribution is -0.156. The molecule has 2 aliphatic heterocycles. The first-order valence-corrected chi connectivity index (χ1v) is 12.7. The second kappa shape index (κ2) is 12.4. The number of nitrogens with zero attached hydrogens (tertiary/aromatic N) is 2. The van der Waals surface area contributed by atoms with Crippen molar-refractivity contribution in [3.05, 3.63) is 71.8 Å². The van der Waals surface area contributed by atoms with E-state index in [9.17, 15) is 19.8 Å². The fraction of sp³-hybridized carbons (Fsp3) is 0.448. The van der Waals surface area contributed by atoms with Crippen molar-refractivity contribution in [3.8, 4) is 0 Å². The molecule has 0 bridgehead atoms. The molecule has 2 aromatic rings. The molecule has 0 fully saturated rings. The molecule has 0 radical (unpaired) electrons. The summed E-state index contributed by atoms with van der Waals surface area (Å²) >= 11 is 0. The smallest absolute Gasteiger partial charge is 0.340 e. The summed E-state index contributed by atoms with van der Waals surface area (Å²) in [5.74, 6) is -0.471. The van der Waals surface area contributed by atoms with Crippen LogP contribution < -0.4 is 0 Å². The van der Waals surface area contributed by atoms with E-state index in [4.69, 9.17) is 18.9 Å². The van der Waals surface area contributed by atoms with Crippen molar-refractivity contribution >= 4 is 23.7 Å². The van der Waals surface area contributed by atoms with Crippen LogP contribution in [0.15, 0.2) is 70.6 Å². The van der Waals surface area contributed by atoms with Crippen molar-refractivity contribution in [2.45, 2.75) is 69.6 Å². The summed E-state index contributed by atoms with van der Waals surface area (Å²) < 4.78 is 20.9. The molecule has 210 valence electrons. The molecule has 2 heterocycles. The minimum absolute atomic E-state index is 0.347. The zero-order chi connectivity index (χ0) is 28.8. The van der Waals surface area contributed by atoms with E-state index < -0.39 is 47.4 Å². The average molecular weight is 541 g/mol. The van der Waals surface area contributed by atoms with Crippen molar-refractivity contribution in [3.63, 3.8) is 0 Å². The van der Waals surface area contributed by atoms with Gasteiger partial charge in [0.2, 0.25) is 22.9 Å². The highest BCUT2D eigenvalue weighted by Gasteiger charge is 2.56. The Morgan fingerprint density at radius 1 is 0.821 bits per heavy atom. The fourth-order valence-corrected chi connectivity index (χ4v) is 4.66. The van der Waals surface area contributed by atoms with Crippen molar-refractivity contribution in [1.29, 1.82) is 0 Å². The van der Waals surface area contributed by atoms with E-state index in [0.29, 0.717) is 18.2 Å². The van der Waals surface area contributed by atoms with Gasteiger partial charge in [-0.25, -0.2) is 19.6 Å². The second-order valence-electron chi connectivity index (χ2n) is 9.32. The monoisotopic (exact) mass is 540 g/mol. The average Bonchev–Trinajstić information content (AvgIpc) is 3.51. The summed E-state index contributed by atoms with van der Waals surface area (Å²) in [5.41, 5.74) is -1.26. The predicted octanol–water partition coefficient (Wildman–Crippen LogP) is 2.68. The maximum absolute atomic E-state index is 12.2. The lowest BCUT2D eigenvalue weighted by Crippen LogP contribution is -2.54. The Balaban J connectivity index is 0.000000216. The van der Waals surface area contributed by atoms with Gasteiger partial charge in [-0.05, 0) is 51.5 Å². The van der Waals surface area contributed by atoms with Crippen LogP contribution in [0.25, 0.3) is 0 Å². The first-order chi connectivity index (χ1) is 18.6. The Hall–Kier alpha value is -3.76. The van der Waals surface area contributed by atoms with E-state index in [-0.39, 0.29) is 0 Å². The summed E-state index contributed by atoms with van der Waals surface area (Å²) in [6.07, 6.45) is -2.74. The van der Waals surface area contributed by atoms with Crippen molar-refractivity contribution in [2.75, 3.05) is 14.2 Å². The van der Waals surface area contributed by atoms with Crippen LogP contribution in [0.2, 0.25) is 0 Å². The van der Waals surface area contributed by atoms with Crippen LogP contribution in [0.4, 0.5) is 0 Å². The molecule has 10 heteroatoms. The molecule has 0 saturated heterocycles. The summed E-state index contributed by atoms with van der Waals surface area (Å²) in [4.78, 5) is 32.8. The number of hydrogen-bond donors (Lipinski definition) is 2. The van der Waals surface area contributed by atoms with E-state index in [1.165, 1.54) is 21.1 Å². The quantitative estimate of drug-likeness (QED) is 0.512. The van der Waals surface area contributed by atoms with Crippen LogP contribution in [0.1, 0.15) is 45.2 Å². The molecule has 0 amide bonds. The second-order valence-corrected chi connectivity index (χ2v) is 9.32. The Bertz CT molecular complexity index is 1200. The molecule has 0 saturated carbocycles. The number of ether oxygens (including phenoxy) is 4. The van der Waals surface area contributed by atoms with Gasteiger partial charge in [-0.3, -0.25) is 0 Å². The van der Waals surface area contributed by atoms with Crippen LogP contribution in [0.5, 0.6) is 0 Å². The molecule has 0 aliphatic carbocycles. The van der Waals surface area contributed by atoms with Crippen molar-refractivity contribution in [1.82, 2.24) is 0 Å². The summed E-state index contributed by atoms with van der Waals surface area (Å²) in [7, 11) is 2.56. The van der Waals surface area contributed by atoms with E-state index >= 15 is 0 Å². The Morgan fingerprint density at radius 2 is 1.21 bits per heavy atom. The predicted molar refractivity (Wildman–Crippen MR) is 145 cm³/mol. The first-order valence-electron chi connectivity index (χ1n) is 12.7. The highest BCUT2D eigenvalue weighted by molar-refractivity contribution is 6.00. The number of rotatable bonds is 7. The van der Waals surface area contributed by atoms with Gasteiger partial charge in [-0.1, -0.05) is 43.3 Å². The third-order valence-electron chi connectivity index (χ3n) is 6.99. The summed E-state index contributed by atoms with van der Waals surface area (Å²) in [5, 5.41) is 20.2. The topological polar surface area (TPSA) is 136 Å². The largest absolute Gasteiger partial charge is 0.471 e. The normalized spacial score (nSPS) is 27.0. The van der Waals surface area contributed by atoms with Crippen molar-refractivity contribution < 1.29 is 38.7 Å². The molecule has 2 aliphatic rings. The number of aliphatic hydroxyl groups excluding tert-OH is 2. The third kappa shape index (κ3) is 5.53.